The van der Waals surface area contributed by atoms with Crippen LogP contribution in [0.5, 0.6) is 0 Å². The number of carbonyl (C=O) groups excluding carboxylic acids is 1. The van der Waals surface area contributed by atoms with Crippen molar-refractivity contribution in [1.29, 1.82) is 0 Å². The second-order valence-electron chi connectivity index (χ2n) is 6.06. The molecule has 0 radical (unpaired) electrons. The van der Waals surface area contributed by atoms with Gasteiger partial charge in [0.2, 0.25) is 5.91 Å². The van der Waals surface area contributed by atoms with Gasteiger partial charge in [-0.3, -0.25) is 4.79 Å². The molecule has 1 heterocycles. The highest BCUT2D eigenvalue weighted by Gasteiger charge is 2.32. The SMILES string of the molecule is CC(NC(=O)C(C)(C)c1ccc(N)cc1)C1CCCO1. The molecular formula is C16H24N2O2. The van der Waals surface area contributed by atoms with E-state index in [-0.39, 0.29) is 18.1 Å². The third kappa shape index (κ3) is 3.12. The zero-order valence-corrected chi connectivity index (χ0v) is 12.5. The molecule has 4 heteroatoms. The molecular weight excluding hydrogens is 252 g/mol. The largest absolute Gasteiger partial charge is 0.399 e. The standard InChI is InChI=1S/C16H24N2O2/c1-11(14-5-4-10-20-14)18-15(19)16(2,3)12-6-8-13(17)9-7-12/h6-9,11,14H,4-5,10,17H2,1-3H3,(H,18,19). The van der Waals surface area contributed by atoms with Gasteiger partial charge in [0.1, 0.15) is 0 Å². The van der Waals surface area contributed by atoms with Gasteiger partial charge in [-0.15, -0.1) is 0 Å². The molecule has 1 aromatic carbocycles. The van der Waals surface area contributed by atoms with E-state index in [4.69, 9.17) is 10.5 Å². The van der Waals surface area contributed by atoms with Crippen molar-refractivity contribution in [3.63, 3.8) is 0 Å². The van der Waals surface area contributed by atoms with Crippen molar-refractivity contribution in [2.45, 2.75) is 51.2 Å². The smallest absolute Gasteiger partial charge is 0.230 e. The molecule has 0 bridgehead atoms. The average Bonchev–Trinajstić information content (AvgIpc) is 2.93. The van der Waals surface area contributed by atoms with Crippen molar-refractivity contribution >= 4 is 11.6 Å². The maximum absolute atomic E-state index is 12.5. The van der Waals surface area contributed by atoms with Gasteiger partial charge in [0.05, 0.1) is 17.6 Å². The molecule has 2 rings (SSSR count). The second-order valence-corrected chi connectivity index (χ2v) is 6.06. The number of benzene rings is 1. The van der Waals surface area contributed by atoms with Crippen molar-refractivity contribution in [3.05, 3.63) is 29.8 Å². The molecule has 4 nitrogen and oxygen atoms in total. The first-order chi connectivity index (χ1) is 9.41. The van der Waals surface area contributed by atoms with Crippen LogP contribution in [0.1, 0.15) is 39.2 Å². The Morgan fingerprint density at radius 3 is 2.60 bits per heavy atom. The number of carbonyl (C=O) groups is 1. The summed E-state index contributed by atoms with van der Waals surface area (Å²) in [6.07, 6.45) is 2.23. The molecule has 3 N–H and O–H groups in total. The maximum atomic E-state index is 12.5. The molecule has 0 aromatic heterocycles. The summed E-state index contributed by atoms with van der Waals surface area (Å²) in [6, 6.07) is 7.51. The van der Waals surface area contributed by atoms with Crippen LogP contribution in [0.15, 0.2) is 24.3 Å². The van der Waals surface area contributed by atoms with Gasteiger partial charge in [0.15, 0.2) is 0 Å². The minimum atomic E-state index is -0.583. The minimum absolute atomic E-state index is 0.0188. The first-order valence-electron chi connectivity index (χ1n) is 7.20. The van der Waals surface area contributed by atoms with Crippen LogP contribution in [0.2, 0.25) is 0 Å². The summed E-state index contributed by atoms with van der Waals surface area (Å²) in [6.45, 7) is 6.66. The number of nitrogens with two attached hydrogens (primary N) is 1. The zero-order chi connectivity index (χ0) is 14.8. The van der Waals surface area contributed by atoms with E-state index < -0.39 is 5.41 Å². The fraction of sp³-hybridized carbons (Fsp3) is 0.562. The third-order valence-corrected chi connectivity index (χ3v) is 4.08. The van der Waals surface area contributed by atoms with Gasteiger partial charge in [-0.2, -0.15) is 0 Å². The van der Waals surface area contributed by atoms with Crippen LogP contribution in [-0.2, 0) is 14.9 Å². The van der Waals surface area contributed by atoms with Gasteiger partial charge in [-0.1, -0.05) is 12.1 Å². The molecule has 20 heavy (non-hydrogen) atoms. The first kappa shape index (κ1) is 14.9. The number of nitrogens with one attached hydrogen (secondary N) is 1. The zero-order valence-electron chi connectivity index (χ0n) is 12.5. The van der Waals surface area contributed by atoms with Crippen LogP contribution in [-0.4, -0.2) is 24.7 Å². The molecule has 110 valence electrons. The molecule has 2 atom stereocenters. The molecule has 1 aromatic rings. The van der Waals surface area contributed by atoms with Crippen LogP contribution >= 0.6 is 0 Å². The van der Waals surface area contributed by atoms with Crippen LogP contribution in [0.25, 0.3) is 0 Å². The van der Waals surface area contributed by atoms with Crippen molar-refractivity contribution in [3.8, 4) is 0 Å². The molecule has 1 saturated heterocycles. The van der Waals surface area contributed by atoms with E-state index in [9.17, 15) is 4.79 Å². The number of amides is 1. The molecule has 0 spiro atoms. The lowest BCUT2D eigenvalue weighted by molar-refractivity contribution is -0.127. The summed E-state index contributed by atoms with van der Waals surface area (Å²) in [7, 11) is 0. The van der Waals surface area contributed by atoms with Gasteiger partial charge >= 0.3 is 0 Å². The molecule has 2 unspecified atom stereocenters. The summed E-state index contributed by atoms with van der Waals surface area (Å²) in [4.78, 5) is 12.5. The van der Waals surface area contributed by atoms with Gasteiger partial charge in [0.25, 0.3) is 0 Å². The average molecular weight is 276 g/mol. The predicted molar refractivity (Wildman–Crippen MR) is 80.5 cm³/mol. The highest BCUT2D eigenvalue weighted by molar-refractivity contribution is 5.87. The van der Waals surface area contributed by atoms with Crippen molar-refractivity contribution in [1.82, 2.24) is 5.32 Å². The molecule has 1 fully saturated rings. The second kappa shape index (κ2) is 5.83. The number of anilines is 1. The molecule has 0 saturated carbocycles. The Morgan fingerprint density at radius 1 is 1.40 bits per heavy atom. The van der Waals surface area contributed by atoms with Gasteiger partial charge < -0.3 is 15.8 Å². The van der Waals surface area contributed by atoms with E-state index >= 15 is 0 Å². The fourth-order valence-corrected chi connectivity index (χ4v) is 2.51. The molecule has 1 aliphatic heterocycles. The van der Waals surface area contributed by atoms with Crippen LogP contribution in [0.3, 0.4) is 0 Å². The van der Waals surface area contributed by atoms with Gasteiger partial charge in [0, 0.05) is 12.3 Å². The van der Waals surface area contributed by atoms with E-state index in [2.05, 4.69) is 5.32 Å². The maximum Gasteiger partial charge on any atom is 0.230 e. The Kier molecular flexibility index (Phi) is 4.33. The summed E-state index contributed by atoms with van der Waals surface area (Å²) < 4.78 is 5.62. The molecule has 1 aliphatic rings. The topological polar surface area (TPSA) is 64.4 Å². The Balaban J connectivity index is 2.04. The monoisotopic (exact) mass is 276 g/mol. The highest BCUT2D eigenvalue weighted by Crippen LogP contribution is 2.25. The van der Waals surface area contributed by atoms with Crippen molar-refractivity contribution < 1.29 is 9.53 Å². The predicted octanol–water partition coefficient (Wildman–Crippen LogP) is 2.23. The minimum Gasteiger partial charge on any atom is -0.399 e. The van der Waals surface area contributed by atoms with Crippen molar-refractivity contribution in [2.75, 3.05) is 12.3 Å². The Morgan fingerprint density at radius 2 is 2.05 bits per heavy atom. The Bertz CT molecular complexity index is 462. The summed E-state index contributed by atoms with van der Waals surface area (Å²) in [5, 5.41) is 3.08. The summed E-state index contributed by atoms with van der Waals surface area (Å²) in [5.74, 6) is 0.0188. The lowest BCUT2D eigenvalue weighted by Crippen LogP contribution is -2.48. The third-order valence-electron chi connectivity index (χ3n) is 4.08. The molecule has 0 aliphatic carbocycles. The number of hydrogen-bond donors (Lipinski definition) is 2. The lowest BCUT2D eigenvalue weighted by Gasteiger charge is -2.28. The quantitative estimate of drug-likeness (QED) is 0.829. The fourth-order valence-electron chi connectivity index (χ4n) is 2.51. The van der Waals surface area contributed by atoms with Gasteiger partial charge in [-0.25, -0.2) is 0 Å². The number of rotatable bonds is 4. The van der Waals surface area contributed by atoms with E-state index in [1.54, 1.807) is 0 Å². The Hall–Kier alpha value is -1.55. The first-order valence-corrected chi connectivity index (χ1v) is 7.20. The van der Waals surface area contributed by atoms with E-state index in [0.29, 0.717) is 5.69 Å². The molecule has 1 amide bonds. The van der Waals surface area contributed by atoms with Crippen LogP contribution in [0, 0.1) is 0 Å². The van der Waals surface area contributed by atoms with E-state index in [0.717, 1.165) is 25.0 Å². The highest BCUT2D eigenvalue weighted by atomic mass is 16.5. The normalized spacial score (nSPS) is 20.6. The summed E-state index contributed by atoms with van der Waals surface area (Å²) >= 11 is 0. The van der Waals surface area contributed by atoms with Crippen LogP contribution < -0.4 is 11.1 Å². The van der Waals surface area contributed by atoms with Crippen LogP contribution in [0.4, 0.5) is 5.69 Å². The van der Waals surface area contributed by atoms with E-state index in [1.807, 2.05) is 45.0 Å². The Labute approximate surface area is 120 Å². The van der Waals surface area contributed by atoms with Gasteiger partial charge in [-0.05, 0) is 51.3 Å². The number of ether oxygens (including phenoxy) is 1. The summed E-state index contributed by atoms with van der Waals surface area (Å²) in [5.41, 5.74) is 6.78. The van der Waals surface area contributed by atoms with Crippen molar-refractivity contribution in [2.24, 2.45) is 0 Å². The number of hydrogen-bond acceptors (Lipinski definition) is 3. The van der Waals surface area contributed by atoms with E-state index in [1.165, 1.54) is 0 Å². The number of nitrogen functional groups attached to an aromatic ring is 1. The lowest BCUT2D eigenvalue weighted by atomic mass is 9.83.